The van der Waals surface area contributed by atoms with Gasteiger partial charge in [0, 0.05) is 12.7 Å². The third kappa shape index (κ3) is 2.76. The smallest absolute Gasteiger partial charge is 0.255 e. The van der Waals surface area contributed by atoms with Crippen molar-refractivity contribution in [2.45, 2.75) is 26.3 Å². The molecule has 0 radical (unpaired) electrons. The van der Waals surface area contributed by atoms with Crippen LogP contribution in [0.15, 0.2) is 18.5 Å². The molecule has 1 amide bonds. The Hall–Kier alpha value is -1.95. The Morgan fingerprint density at radius 2 is 2.43 bits per heavy atom. The van der Waals surface area contributed by atoms with Gasteiger partial charge in [0.1, 0.15) is 0 Å². The summed E-state index contributed by atoms with van der Waals surface area (Å²) in [5.74, 6) is 0.566. The maximum Gasteiger partial charge on any atom is 0.255 e. The van der Waals surface area contributed by atoms with Crippen molar-refractivity contribution in [2.24, 2.45) is 5.92 Å². The van der Waals surface area contributed by atoms with Crippen LogP contribution in [0.2, 0.25) is 0 Å². The van der Waals surface area contributed by atoms with E-state index in [1.807, 2.05) is 4.90 Å². The van der Waals surface area contributed by atoms with Gasteiger partial charge >= 0.3 is 0 Å². The highest BCUT2D eigenvalue weighted by Gasteiger charge is 2.29. The molecule has 0 aromatic carbocycles. The lowest BCUT2D eigenvalue weighted by Gasteiger charge is -2.36. The van der Waals surface area contributed by atoms with Gasteiger partial charge in [0.25, 0.3) is 5.91 Å². The third-order valence-corrected chi connectivity index (χ3v) is 3.82. The van der Waals surface area contributed by atoms with Crippen molar-refractivity contribution in [1.82, 2.24) is 20.1 Å². The monoisotopic (exact) mass is 288 g/mol. The van der Waals surface area contributed by atoms with Gasteiger partial charge in [-0.1, -0.05) is 13.8 Å². The number of fused-ring (bicyclic) bond motifs is 1. The predicted molar refractivity (Wildman–Crippen MR) is 79.0 cm³/mol. The van der Waals surface area contributed by atoms with Crippen LogP contribution in [0.1, 0.15) is 30.6 Å². The minimum absolute atomic E-state index is 0.0396. The minimum atomic E-state index is 0.0396. The number of carbonyl (C=O) groups excluding carboxylic acids is 1. The maximum absolute atomic E-state index is 12.9. The number of hydrogen-bond donors (Lipinski definition) is 1. The molecule has 2 aromatic heterocycles. The van der Waals surface area contributed by atoms with Gasteiger partial charge in [0.15, 0.2) is 5.65 Å². The summed E-state index contributed by atoms with van der Waals surface area (Å²) >= 11 is 0. The van der Waals surface area contributed by atoms with E-state index in [0.29, 0.717) is 36.9 Å². The fourth-order valence-corrected chi connectivity index (χ4v) is 2.85. The number of ether oxygens (including phenoxy) is 1. The Labute approximate surface area is 123 Å². The van der Waals surface area contributed by atoms with Gasteiger partial charge in [-0.05, 0) is 18.4 Å². The average Bonchev–Trinajstić information content (AvgIpc) is 2.95. The minimum Gasteiger partial charge on any atom is -0.377 e. The summed E-state index contributed by atoms with van der Waals surface area (Å²) in [6.45, 7) is 6.18. The predicted octanol–water partition coefficient (Wildman–Crippen LogP) is 1.84. The van der Waals surface area contributed by atoms with Gasteiger partial charge in [0.05, 0.1) is 36.4 Å². The van der Waals surface area contributed by atoms with Gasteiger partial charge in [0.2, 0.25) is 0 Å². The molecule has 0 saturated carbocycles. The molecule has 112 valence electrons. The molecule has 0 spiro atoms. The van der Waals surface area contributed by atoms with Crippen LogP contribution in [0.5, 0.6) is 0 Å². The summed E-state index contributed by atoms with van der Waals surface area (Å²) in [6, 6.07) is 1.91. The lowest BCUT2D eigenvalue weighted by atomic mass is 10.0. The third-order valence-electron chi connectivity index (χ3n) is 3.82. The molecule has 2 aromatic rings. The number of aromatic amines is 1. The molecule has 3 rings (SSSR count). The van der Waals surface area contributed by atoms with Crippen molar-refractivity contribution in [3.63, 3.8) is 0 Å². The van der Waals surface area contributed by atoms with Crippen LogP contribution in [0.25, 0.3) is 11.0 Å². The van der Waals surface area contributed by atoms with Crippen LogP contribution in [0.3, 0.4) is 0 Å². The van der Waals surface area contributed by atoms with E-state index in [0.717, 1.165) is 11.8 Å². The number of hydrogen-bond acceptors (Lipinski definition) is 4. The second kappa shape index (κ2) is 5.81. The van der Waals surface area contributed by atoms with E-state index in [2.05, 4.69) is 29.0 Å². The Balaban J connectivity index is 1.90. The van der Waals surface area contributed by atoms with E-state index in [9.17, 15) is 4.79 Å². The number of rotatable bonds is 3. The maximum atomic E-state index is 12.9. The molecule has 1 aliphatic rings. The van der Waals surface area contributed by atoms with Crippen molar-refractivity contribution in [1.29, 1.82) is 0 Å². The van der Waals surface area contributed by atoms with Crippen molar-refractivity contribution in [3.8, 4) is 0 Å². The number of carbonyl (C=O) groups is 1. The zero-order chi connectivity index (χ0) is 14.8. The van der Waals surface area contributed by atoms with E-state index in [4.69, 9.17) is 4.74 Å². The summed E-state index contributed by atoms with van der Waals surface area (Å²) in [4.78, 5) is 19.0. The van der Waals surface area contributed by atoms with Gasteiger partial charge in [-0.2, -0.15) is 5.10 Å². The van der Waals surface area contributed by atoms with Crippen molar-refractivity contribution >= 4 is 16.9 Å². The number of pyridine rings is 1. The number of morpholine rings is 1. The number of amides is 1. The lowest BCUT2D eigenvalue weighted by molar-refractivity contribution is -0.00736. The standard InChI is InChI=1S/C15H20N4O2/c1-10(2)7-11-9-21-6-5-19(11)15(20)12-3-4-16-14-13(12)8-17-18-14/h3-4,8,10-11H,5-7,9H2,1-2H3,(H,16,17,18). The Kier molecular flexibility index (Phi) is 3.88. The van der Waals surface area contributed by atoms with Crippen LogP contribution in [0.4, 0.5) is 0 Å². The molecule has 1 saturated heterocycles. The topological polar surface area (TPSA) is 71.1 Å². The first-order chi connectivity index (χ1) is 10.2. The Morgan fingerprint density at radius 3 is 3.24 bits per heavy atom. The van der Waals surface area contributed by atoms with Crippen LogP contribution in [-0.2, 0) is 4.74 Å². The number of nitrogens with one attached hydrogen (secondary N) is 1. The fourth-order valence-electron chi connectivity index (χ4n) is 2.85. The molecule has 21 heavy (non-hydrogen) atoms. The highest BCUT2D eigenvalue weighted by Crippen LogP contribution is 2.21. The number of nitrogens with zero attached hydrogens (tertiary/aromatic N) is 3. The molecule has 1 atom stereocenters. The first-order valence-corrected chi connectivity index (χ1v) is 7.33. The number of aromatic nitrogens is 3. The molecule has 1 unspecified atom stereocenters. The first-order valence-electron chi connectivity index (χ1n) is 7.33. The molecule has 1 aliphatic heterocycles. The molecule has 0 aliphatic carbocycles. The molecule has 1 N–H and O–H groups in total. The molecule has 6 heteroatoms. The summed E-state index contributed by atoms with van der Waals surface area (Å²) in [6.07, 6.45) is 4.25. The van der Waals surface area contributed by atoms with Gasteiger partial charge in [-0.25, -0.2) is 4.98 Å². The van der Waals surface area contributed by atoms with E-state index in [1.165, 1.54) is 0 Å². The summed E-state index contributed by atoms with van der Waals surface area (Å²) < 4.78 is 5.55. The molecular weight excluding hydrogens is 268 g/mol. The van der Waals surface area contributed by atoms with Crippen LogP contribution in [-0.4, -0.2) is 51.8 Å². The van der Waals surface area contributed by atoms with E-state index in [1.54, 1.807) is 18.5 Å². The second-order valence-electron chi connectivity index (χ2n) is 5.85. The van der Waals surface area contributed by atoms with Crippen LogP contribution >= 0.6 is 0 Å². The Morgan fingerprint density at radius 1 is 1.57 bits per heavy atom. The first kappa shape index (κ1) is 14.0. The molecule has 3 heterocycles. The zero-order valence-corrected chi connectivity index (χ0v) is 12.4. The van der Waals surface area contributed by atoms with E-state index < -0.39 is 0 Å². The fraction of sp³-hybridized carbons (Fsp3) is 0.533. The normalized spacial score (nSPS) is 19.4. The van der Waals surface area contributed by atoms with Crippen molar-refractivity contribution in [3.05, 3.63) is 24.0 Å². The zero-order valence-electron chi connectivity index (χ0n) is 12.4. The number of H-pyrrole nitrogens is 1. The highest BCUT2D eigenvalue weighted by molar-refractivity contribution is 6.05. The quantitative estimate of drug-likeness (QED) is 0.935. The van der Waals surface area contributed by atoms with E-state index >= 15 is 0 Å². The van der Waals surface area contributed by atoms with Crippen molar-refractivity contribution in [2.75, 3.05) is 19.8 Å². The van der Waals surface area contributed by atoms with Crippen molar-refractivity contribution < 1.29 is 9.53 Å². The summed E-state index contributed by atoms with van der Waals surface area (Å²) in [5.41, 5.74) is 1.30. The summed E-state index contributed by atoms with van der Waals surface area (Å²) in [5, 5.41) is 7.55. The van der Waals surface area contributed by atoms with Gasteiger partial charge < -0.3 is 9.64 Å². The molecule has 6 nitrogen and oxygen atoms in total. The van der Waals surface area contributed by atoms with E-state index in [-0.39, 0.29) is 11.9 Å². The molecule has 0 bridgehead atoms. The van der Waals surface area contributed by atoms with Gasteiger partial charge in [-0.3, -0.25) is 9.89 Å². The SMILES string of the molecule is CC(C)CC1COCCN1C(=O)c1ccnc2[nH]ncc12. The molecular formula is C15H20N4O2. The highest BCUT2D eigenvalue weighted by atomic mass is 16.5. The lowest BCUT2D eigenvalue weighted by Crippen LogP contribution is -2.49. The Bertz CT molecular complexity index is 637. The van der Waals surface area contributed by atoms with Crippen LogP contribution < -0.4 is 0 Å². The second-order valence-corrected chi connectivity index (χ2v) is 5.85. The molecule has 1 fully saturated rings. The summed E-state index contributed by atoms with van der Waals surface area (Å²) in [7, 11) is 0. The van der Waals surface area contributed by atoms with Gasteiger partial charge in [-0.15, -0.1) is 0 Å². The van der Waals surface area contributed by atoms with Crippen LogP contribution in [0, 0.1) is 5.92 Å². The largest absolute Gasteiger partial charge is 0.377 e. The average molecular weight is 288 g/mol.